The van der Waals surface area contributed by atoms with Gasteiger partial charge in [0, 0.05) is 46.2 Å². The maximum atomic E-state index is 12.6. The first-order valence-electron chi connectivity index (χ1n) is 12.9. The van der Waals surface area contributed by atoms with Crippen LogP contribution in [0.25, 0.3) is 0 Å². The van der Waals surface area contributed by atoms with Gasteiger partial charge >= 0.3 is 12.0 Å². The van der Waals surface area contributed by atoms with Gasteiger partial charge in [0.2, 0.25) is 0 Å². The van der Waals surface area contributed by atoms with Gasteiger partial charge in [-0.25, -0.2) is 9.18 Å². The fourth-order valence-electron chi connectivity index (χ4n) is 5.39. The van der Waals surface area contributed by atoms with Crippen molar-refractivity contribution in [3.8, 4) is 0 Å². The standard InChI is InChI=1S/C21H35N3O3.C7H7F/c1-16-6-5-10-23(17(2)14-16)11-7-18-15-21(19(25)27-18)8-12-24(13-9-21)20(26)22(3)4;1-6-2-4-7(8)5-3-6/h17-18H,1,5-15H2,2-4H3;2-5H,1H3/t17-,18-;/m0./s1. The zero-order valence-corrected chi connectivity index (χ0v) is 21.9. The quantitative estimate of drug-likeness (QED) is 0.444. The summed E-state index contributed by atoms with van der Waals surface area (Å²) < 4.78 is 17.9. The summed E-state index contributed by atoms with van der Waals surface area (Å²) in [7, 11) is 3.54. The number of benzene rings is 1. The number of carbonyl (C=O) groups is 2. The van der Waals surface area contributed by atoms with Crippen LogP contribution in [0.3, 0.4) is 0 Å². The normalized spacial score (nSPS) is 24.4. The molecule has 0 aliphatic carbocycles. The van der Waals surface area contributed by atoms with E-state index in [1.807, 2.05) is 11.8 Å². The van der Waals surface area contributed by atoms with Gasteiger partial charge < -0.3 is 19.4 Å². The summed E-state index contributed by atoms with van der Waals surface area (Å²) in [5.74, 6) is -0.211. The molecule has 0 N–H and O–H groups in total. The van der Waals surface area contributed by atoms with Crippen molar-refractivity contribution in [2.24, 2.45) is 5.41 Å². The Morgan fingerprint density at radius 1 is 1.20 bits per heavy atom. The monoisotopic (exact) mass is 487 g/mol. The highest BCUT2D eigenvalue weighted by Crippen LogP contribution is 2.44. The van der Waals surface area contributed by atoms with Gasteiger partial charge in [0.1, 0.15) is 11.9 Å². The van der Waals surface area contributed by atoms with Crippen LogP contribution in [-0.2, 0) is 9.53 Å². The highest BCUT2D eigenvalue weighted by Gasteiger charge is 2.50. The van der Waals surface area contributed by atoms with Gasteiger partial charge in [0.15, 0.2) is 0 Å². The molecule has 3 heterocycles. The molecule has 2 amide bonds. The van der Waals surface area contributed by atoms with E-state index >= 15 is 0 Å². The first kappa shape index (κ1) is 27.2. The van der Waals surface area contributed by atoms with Crippen molar-refractivity contribution in [1.82, 2.24) is 14.7 Å². The van der Waals surface area contributed by atoms with Crippen LogP contribution in [0, 0.1) is 18.2 Å². The van der Waals surface area contributed by atoms with Crippen LogP contribution in [0.4, 0.5) is 9.18 Å². The molecule has 35 heavy (non-hydrogen) atoms. The highest BCUT2D eigenvalue weighted by atomic mass is 19.1. The van der Waals surface area contributed by atoms with Gasteiger partial charge in [-0.15, -0.1) is 0 Å². The third-order valence-corrected chi connectivity index (χ3v) is 7.63. The molecule has 3 fully saturated rings. The van der Waals surface area contributed by atoms with Crippen molar-refractivity contribution in [3.05, 3.63) is 47.8 Å². The number of carbonyl (C=O) groups excluding carboxylic acids is 2. The van der Waals surface area contributed by atoms with Crippen LogP contribution < -0.4 is 0 Å². The molecule has 0 radical (unpaired) electrons. The average molecular weight is 488 g/mol. The molecule has 1 aromatic carbocycles. The van der Waals surface area contributed by atoms with Crippen LogP contribution in [0.1, 0.15) is 57.4 Å². The number of urea groups is 1. The lowest BCUT2D eigenvalue weighted by Crippen LogP contribution is -2.48. The number of hydrogen-bond donors (Lipinski definition) is 0. The lowest BCUT2D eigenvalue weighted by Gasteiger charge is -2.37. The van der Waals surface area contributed by atoms with Crippen molar-refractivity contribution in [3.63, 3.8) is 0 Å². The third kappa shape index (κ3) is 7.29. The molecular weight excluding hydrogens is 445 g/mol. The number of amides is 2. The Kier molecular flexibility index (Phi) is 9.34. The molecule has 2 atom stereocenters. The second-order valence-corrected chi connectivity index (χ2v) is 10.7. The molecule has 3 saturated heterocycles. The number of aryl methyl sites for hydroxylation is 1. The summed E-state index contributed by atoms with van der Waals surface area (Å²) in [5.41, 5.74) is 2.08. The maximum absolute atomic E-state index is 12.6. The number of rotatable bonds is 3. The van der Waals surface area contributed by atoms with E-state index in [2.05, 4.69) is 18.4 Å². The van der Waals surface area contributed by atoms with Crippen LogP contribution in [-0.4, -0.2) is 79.1 Å². The molecule has 0 aromatic heterocycles. The molecule has 6 nitrogen and oxygen atoms in total. The van der Waals surface area contributed by atoms with Gasteiger partial charge in [-0.2, -0.15) is 0 Å². The van der Waals surface area contributed by atoms with Crippen LogP contribution in [0.5, 0.6) is 0 Å². The lowest BCUT2D eigenvalue weighted by atomic mass is 9.76. The first-order chi connectivity index (χ1) is 16.6. The van der Waals surface area contributed by atoms with E-state index in [4.69, 9.17) is 4.74 Å². The van der Waals surface area contributed by atoms with Crippen molar-refractivity contribution in [1.29, 1.82) is 0 Å². The van der Waals surface area contributed by atoms with E-state index < -0.39 is 0 Å². The van der Waals surface area contributed by atoms with E-state index in [-0.39, 0.29) is 29.3 Å². The number of nitrogens with zero attached hydrogens (tertiary/aromatic N) is 3. The number of ether oxygens (including phenoxy) is 1. The van der Waals surface area contributed by atoms with Gasteiger partial charge in [0.05, 0.1) is 5.41 Å². The summed E-state index contributed by atoms with van der Waals surface area (Å²) >= 11 is 0. The molecule has 3 aliphatic heterocycles. The van der Waals surface area contributed by atoms with E-state index in [1.165, 1.54) is 24.1 Å². The van der Waals surface area contributed by atoms with Gasteiger partial charge in [0.25, 0.3) is 0 Å². The first-order valence-corrected chi connectivity index (χ1v) is 12.9. The predicted octanol–water partition coefficient (Wildman–Crippen LogP) is 5.02. The van der Waals surface area contributed by atoms with Crippen molar-refractivity contribution in [2.45, 2.75) is 70.9 Å². The predicted molar refractivity (Wildman–Crippen MR) is 137 cm³/mol. The Morgan fingerprint density at radius 3 is 2.46 bits per heavy atom. The van der Waals surface area contributed by atoms with E-state index in [0.29, 0.717) is 19.1 Å². The highest BCUT2D eigenvalue weighted by molar-refractivity contribution is 5.80. The van der Waals surface area contributed by atoms with E-state index in [9.17, 15) is 14.0 Å². The Balaban J connectivity index is 0.000000363. The molecule has 1 aromatic rings. The minimum atomic E-state index is -0.369. The summed E-state index contributed by atoms with van der Waals surface area (Å²) in [6.45, 7) is 11.7. The van der Waals surface area contributed by atoms with Gasteiger partial charge in [-0.3, -0.25) is 4.79 Å². The molecule has 0 bridgehead atoms. The number of esters is 1. The Bertz CT molecular complexity index is 857. The van der Waals surface area contributed by atoms with Crippen LogP contribution >= 0.6 is 0 Å². The number of piperidine rings is 1. The van der Waals surface area contributed by atoms with E-state index in [1.54, 1.807) is 31.1 Å². The molecular formula is C28H42FN3O3. The Labute approximate surface area is 210 Å². The fraction of sp³-hybridized carbons (Fsp3) is 0.643. The molecule has 3 aliphatic rings. The number of likely N-dealkylation sites (tertiary alicyclic amines) is 2. The summed E-state index contributed by atoms with van der Waals surface area (Å²) in [5, 5.41) is 0. The Morgan fingerprint density at radius 2 is 1.86 bits per heavy atom. The summed E-state index contributed by atoms with van der Waals surface area (Å²) in [6.07, 6.45) is 6.56. The van der Waals surface area contributed by atoms with Crippen LogP contribution in [0.15, 0.2) is 36.4 Å². The van der Waals surface area contributed by atoms with Crippen molar-refractivity contribution >= 4 is 12.0 Å². The van der Waals surface area contributed by atoms with Crippen molar-refractivity contribution < 1.29 is 18.7 Å². The minimum absolute atomic E-state index is 0.0206. The second kappa shape index (κ2) is 12.0. The molecule has 1 spiro atoms. The smallest absolute Gasteiger partial charge is 0.319 e. The minimum Gasteiger partial charge on any atom is -0.462 e. The maximum Gasteiger partial charge on any atom is 0.319 e. The SMILES string of the molecule is C=C1CCCN(CC[C@H]2CC3(CCN(C(=O)N(C)C)CC3)C(=O)O2)[C@@H](C)C1.Cc1ccc(F)cc1. The number of hydrogen-bond acceptors (Lipinski definition) is 4. The second-order valence-electron chi connectivity index (χ2n) is 10.7. The van der Waals surface area contributed by atoms with Gasteiger partial charge in [-0.05, 0) is 71.0 Å². The summed E-state index contributed by atoms with van der Waals surface area (Å²) in [4.78, 5) is 30.7. The lowest BCUT2D eigenvalue weighted by molar-refractivity contribution is -0.150. The molecule has 194 valence electrons. The largest absolute Gasteiger partial charge is 0.462 e. The number of halogens is 1. The van der Waals surface area contributed by atoms with Gasteiger partial charge in [-0.1, -0.05) is 29.8 Å². The zero-order chi connectivity index (χ0) is 25.6. The number of cyclic esters (lactones) is 1. The van der Waals surface area contributed by atoms with Crippen molar-refractivity contribution in [2.75, 3.05) is 40.3 Å². The zero-order valence-electron chi connectivity index (χ0n) is 21.9. The van der Waals surface area contributed by atoms with E-state index in [0.717, 1.165) is 57.2 Å². The molecule has 7 heteroatoms. The Hall–Kier alpha value is -2.41. The topological polar surface area (TPSA) is 53.1 Å². The molecule has 0 unspecified atom stereocenters. The fourth-order valence-corrected chi connectivity index (χ4v) is 5.39. The van der Waals surface area contributed by atoms with Crippen LogP contribution in [0.2, 0.25) is 0 Å². The molecule has 0 saturated carbocycles. The molecule has 4 rings (SSSR count). The third-order valence-electron chi connectivity index (χ3n) is 7.63. The average Bonchev–Trinajstić information content (AvgIpc) is 3.01. The summed E-state index contributed by atoms with van der Waals surface area (Å²) in [6, 6.07) is 6.95.